The molecule has 0 saturated heterocycles. The van der Waals surface area contributed by atoms with E-state index in [0.717, 1.165) is 14.3 Å². The van der Waals surface area contributed by atoms with Crippen molar-refractivity contribution in [3.05, 3.63) is 52.6 Å². The number of anilines is 1. The van der Waals surface area contributed by atoms with E-state index in [1.165, 1.54) is 19.2 Å². The summed E-state index contributed by atoms with van der Waals surface area (Å²) in [6.07, 6.45) is 1.58. The molecule has 0 aliphatic rings. The summed E-state index contributed by atoms with van der Waals surface area (Å²) in [4.78, 5) is 16.1. The first-order valence-electron chi connectivity index (χ1n) is 6.73. The van der Waals surface area contributed by atoms with Gasteiger partial charge in [0.1, 0.15) is 5.82 Å². The number of rotatable bonds is 5. The second-order valence-electron chi connectivity index (χ2n) is 4.98. The molecule has 1 aromatic heterocycles. The maximum absolute atomic E-state index is 12.4. The van der Waals surface area contributed by atoms with Crippen LogP contribution in [0.5, 0.6) is 0 Å². The number of sulfonamides is 1. The third kappa shape index (κ3) is 4.60. The van der Waals surface area contributed by atoms with Crippen molar-refractivity contribution in [2.45, 2.75) is 11.8 Å². The van der Waals surface area contributed by atoms with Crippen molar-refractivity contribution in [1.29, 1.82) is 0 Å². The first kappa shape index (κ1) is 17.6. The summed E-state index contributed by atoms with van der Waals surface area (Å²) in [5.74, 6) is -0.0595. The zero-order valence-electron chi connectivity index (χ0n) is 12.7. The van der Waals surface area contributed by atoms with Gasteiger partial charge in [-0.05, 0) is 48.9 Å². The minimum atomic E-state index is -3.72. The number of aromatic nitrogens is 1. The maximum atomic E-state index is 12.4. The molecule has 1 aromatic carbocycles. The predicted molar refractivity (Wildman–Crippen MR) is 91.6 cm³/mol. The van der Waals surface area contributed by atoms with Crippen LogP contribution in [-0.4, -0.2) is 37.2 Å². The normalized spacial score (nSPS) is 11.5. The van der Waals surface area contributed by atoms with E-state index < -0.39 is 15.9 Å². The minimum Gasteiger partial charge on any atom is -0.310 e. The van der Waals surface area contributed by atoms with Gasteiger partial charge in [0.15, 0.2) is 0 Å². The minimum absolute atomic E-state index is 0.129. The lowest BCUT2D eigenvalue weighted by Gasteiger charge is -2.16. The summed E-state index contributed by atoms with van der Waals surface area (Å²) >= 11 is 3.25. The fourth-order valence-corrected chi connectivity index (χ4v) is 3.25. The Morgan fingerprint density at radius 1 is 1.26 bits per heavy atom. The zero-order chi connectivity index (χ0) is 17.0. The number of nitrogens with one attached hydrogen (secondary N) is 1. The Kier molecular flexibility index (Phi) is 5.51. The van der Waals surface area contributed by atoms with Crippen LogP contribution in [0.3, 0.4) is 0 Å². The summed E-state index contributed by atoms with van der Waals surface area (Å²) in [5, 5.41) is 2.58. The van der Waals surface area contributed by atoms with Crippen LogP contribution >= 0.6 is 15.9 Å². The number of halogens is 1. The molecule has 0 bridgehead atoms. The summed E-state index contributed by atoms with van der Waals surface area (Å²) in [6.45, 7) is 1.58. The van der Waals surface area contributed by atoms with Gasteiger partial charge in [-0.2, -0.15) is 4.31 Å². The number of pyridine rings is 1. The summed E-state index contributed by atoms with van der Waals surface area (Å²) < 4.78 is 26.6. The van der Waals surface area contributed by atoms with E-state index in [1.807, 2.05) is 6.92 Å². The van der Waals surface area contributed by atoms with Gasteiger partial charge in [0, 0.05) is 17.7 Å². The maximum Gasteiger partial charge on any atom is 0.243 e. The highest BCUT2D eigenvalue weighted by Crippen LogP contribution is 2.17. The number of benzene rings is 1. The molecule has 1 amide bonds. The van der Waals surface area contributed by atoms with E-state index in [4.69, 9.17) is 0 Å². The van der Waals surface area contributed by atoms with Gasteiger partial charge in [-0.3, -0.25) is 4.79 Å². The summed E-state index contributed by atoms with van der Waals surface area (Å²) in [7, 11) is -2.36. The lowest BCUT2D eigenvalue weighted by molar-refractivity contribution is -0.116. The summed E-state index contributed by atoms with van der Waals surface area (Å²) in [6, 6.07) is 9.75. The summed E-state index contributed by atoms with van der Waals surface area (Å²) in [5.41, 5.74) is 0.950. The standard InChI is InChI=1S/C15H16BrN3O3S/c1-11-7-8-17-14(9-11)18-15(20)10-19(2)23(21,22)13-5-3-12(16)4-6-13/h3-9H,10H2,1-2H3,(H,17,18,20). The highest BCUT2D eigenvalue weighted by molar-refractivity contribution is 9.10. The highest BCUT2D eigenvalue weighted by atomic mass is 79.9. The molecule has 8 heteroatoms. The third-order valence-electron chi connectivity index (χ3n) is 3.07. The van der Waals surface area contributed by atoms with Crippen molar-refractivity contribution in [3.63, 3.8) is 0 Å². The smallest absolute Gasteiger partial charge is 0.243 e. The molecule has 0 aliphatic carbocycles. The first-order chi connectivity index (χ1) is 10.8. The van der Waals surface area contributed by atoms with E-state index in [9.17, 15) is 13.2 Å². The predicted octanol–water partition coefficient (Wildman–Crippen LogP) is 2.41. The molecular formula is C15H16BrN3O3S. The van der Waals surface area contributed by atoms with Gasteiger partial charge in [-0.25, -0.2) is 13.4 Å². The Morgan fingerprint density at radius 3 is 2.52 bits per heavy atom. The van der Waals surface area contributed by atoms with E-state index in [0.29, 0.717) is 5.82 Å². The monoisotopic (exact) mass is 397 g/mol. The molecule has 23 heavy (non-hydrogen) atoms. The van der Waals surface area contributed by atoms with E-state index in [-0.39, 0.29) is 11.4 Å². The first-order valence-corrected chi connectivity index (χ1v) is 8.97. The molecule has 2 aromatic rings. The molecule has 0 unspecified atom stereocenters. The number of nitrogens with zero attached hydrogens (tertiary/aromatic N) is 2. The second kappa shape index (κ2) is 7.20. The topological polar surface area (TPSA) is 79.4 Å². The SMILES string of the molecule is Cc1ccnc(NC(=O)CN(C)S(=O)(=O)c2ccc(Br)cc2)c1. The molecule has 0 aliphatic heterocycles. The lowest BCUT2D eigenvalue weighted by Crippen LogP contribution is -2.35. The van der Waals surface area contributed by atoms with Gasteiger partial charge < -0.3 is 5.32 Å². The number of hydrogen-bond donors (Lipinski definition) is 1. The Morgan fingerprint density at radius 2 is 1.91 bits per heavy atom. The van der Waals surface area contributed by atoms with Gasteiger partial charge in [-0.1, -0.05) is 15.9 Å². The molecule has 0 spiro atoms. The van der Waals surface area contributed by atoms with Crippen LogP contribution in [0.25, 0.3) is 0 Å². The molecule has 6 nitrogen and oxygen atoms in total. The molecule has 0 atom stereocenters. The molecular weight excluding hydrogens is 382 g/mol. The Hall–Kier alpha value is -1.77. The second-order valence-corrected chi connectivity index (χ2v) is 7.94. The Bertz CT molecular complexity index is 807. The van der Waals surface area contributed by atoms with E-state index in [1.54, 1.807) is 30.5 Å². The van der Waals surface area contributed by atoms with Crippen molar-refractivity contribution < 1.29 is 13.2 Å². The van der Waals surface area contributed by atoms with Crippen LogP contribution in [0.1, 0.15) is 5.56 Å². The number of carbonyl (C=O) groups is 1. The molecule has 1 N–H and O–H groups in total. The van der Waals surface area contributed by atoms with Crippen LogP contribution < -0.4 is 5.32 Å². The van der Waals surface area contributed by atoms with Crippen molar-refractivity contribution in [2.75, 3.05) is 18.9 Å². The molecule has 0 radical (unpaired) electrons. The molecule has 2 rings (SSSR count). The average molecular weight is 398 g/mol. The Balaban J connectivity index is 2.06. The van der Waals surface area contributed by atoms with Gasteiger partial charge in [-0.15, -0.1) is 0 Å². The van der Waals surface area contributed by atoms with Crippen LogP contribution in [0.4, 0.5) is 5.82 Å². The fraction of sp³-hybridized carbons (Fsp3) is 0.200. The van der Waals surface area contributed by atoms with Gasteiger partial charge in [0.25, 0.3) is 0 Å². The highest BCUT2D eigenvalue weighted by Gasteiger charge is 2.23. The number of likely N-dealkylation sites (N-methyl/N-ethyl adjacent to an activating group) is 1. The number of hydrogen-bond acceptors (Lipinski definition) is 4. The van der Waals surface area contributed by atoms with Crippen molar-refractivity contribution in [2.24, 2.45) is 0 Å². The molecule has 0 saturated carbocycles. The van der Waals surface area contributed by atoms with Gasteiger partial charge in [0.2, 0.25) is 15.9 Å². The largest absolute Gasteiger partial charge is 0.310 e. The van der Waals surface area contributed by atoms with Crippen molar-refractivity contribution in [1.82, 2.24) is 9.29 Å². The van der Waals surface area contributed by atoms with Gasteiger partial charge >= 0.3 is 0 Å². The van der Waals surface area contributed by atoms with E-state index in [2.05, 4.69) is 26.2 Å². The fourth-order valence-electron chi connectivity index (χ4n) is 1.86. The molecule has 1 heterocycles. The Labute approximate surface area is 143 Å². The van der Waals surface area contributed by atoms with Gasteiger partial charge in [0.05, 0.1) is 11.4 Å². The van der Waals surface area contributed by atoms with Crippen molar-refractivity contribution >= 4 is 37.7 Å². The lowest BCUT2D eigenvalue weighted by atomic mass is 10.3. The van der Waals surface area contributed by atoms with Crippen LogP contribution in [0, 0.1) is 6.92 Å². The number of aryl methyl sites for hydroxylation is 1. The van der Waals surface area contributed by atoms with E-state index >= 15 is 0 Å². The zero-order valence-corrected chi connectivity index (χ0v) is 15.1. The average Bonchev–Trinajstić information content (AvgIpc) is 2.47. The van der Waals surface area contributed by atoms with Crippen LogP contribution in [0.15, 0.2) is 52.0 Å². The third-order valence-corrected chi connectivity index (χ3v) is 5.42. The molecule has 0 fully saturated rings. The number of amides is 1. The number of carbonyl (C=O) groups excluding carboxylic acids is 1. The van der Waals surface area contributed by atoms with Crippen LogP contribution in [0.2, 0.25) is 0 Å². The molecule has 122 valence electrons. The van der Waals surface area contributed by atoms with Crippen molar-refractivity contribution in [3.8, 4) is 0 Å². The van der Waals surface area contributed by atoms with Crippen LogP contribution in [-0.2, 0) is 14.8 Å². The quantitative estimate of drug-likeness (QED) is 0.839.